The van der Waals surface area contributed by atoms with E-state index in [1.807, 2.05) is 94.4 Å². The highest BCUT2D eigenvalue weighted by Gasteiger charge is 2.63. The van der Waals surface area contributed by atoms with Gasteiger partial charge in [0.15, 0.2) is 17.7 Å². The Morgan fingerprint density at radius 1 is 0.878 bits per heavy atom. The zero-order chi connectivity index (χ0) is 28.9. The summed E-state index contributed by atoms with van der Waals surface area (Å²) in [6.07, 6.45) is 1.56. The van der Waals surface area contributed by atoms with Gasteiger partial charge < -0.3 is 33.3 Å². The normalized spacial score (nSPS) is 32.4. The van der Waals surface area contributed by atoms with Crippen LogP contribution in [0.3, 0.4) is 0 Å². The van der Waals surface area contributed by atoms with Gasteiger partial charge in [0.25, 0.3) is 5.91 Å². The van der Waals surface area contributed by atoms with Crippen LogP contribution in [0.1, 0.15) is 33.3 Å². The van der Waals surface area contributed by atoms with E-state index in [1.165, 1.54) is 4.90 Å². The standard InChI is InChI=1S/C31H36N2O8/c1-30(2)37-17-23(40-30)26-27(24-18-38-31(3,4)41-24)39-29(35)33(26)25-22(16-11-19-9-7-6-8-10-19)32(28(25)34)20-12-14-21(36-5)15-13-20/h6-16,22-27H,17-18H2,1-5H3/b16-11+/t22-,23-,24-,25+,26-,27-/m1/s1. The Bertz CT molecular complexity index is 1310. The Morgan fingerprint density at radius 3 is 2.10 bits per heavy atom. The Labute approximate surface area is 239 Å². The lowest BCUT2D eigenvalue weighted by Crippen LogP contribution is -2.73. The molecule has 0 bridgehead atoms. The van der Waals surface area contributed by atoms with Gasteiger partial charge >= 0.3 is 6.09 Å². The molecular formula is C31H36N2O8. The smallest absolute Gasteiger partial charge is 0.411 e. The summed E-state index contributed by atoms with van der Waals surface area (Å²) in [6, 6.07) is 15.2. The van der Waals surface area contributed by atoms with Gasteiger partial charge in [-0.15, -0.1) is 0 Å². The summed E-state index contributed by atoms with van der Waals surface area (Å²) in [5.41, 5.74) is 1.68. The summed E-state index contributed by atoms with van der Waals surface area (Å²) in [4.78, 5) is 30.9. The van der Waals surface area contributed by atoms with E-state index in [0.29, 0.717) is 11.4 Å². The lowest BCUT2D eigenvalue weighted by Gasteiger charge is -2.50. The van der Waals surface area contributed by atoms with Gasteiger partial charge in [0.2, 0.25) is 0 Å². The second-order valence-electron chi connectivity index (χ2n) is 11.6. The molecule has 218 valence electrons. The fourth-order valence-corrected chi connectivity index (χ4v) is 6.06. The van der Waals surface area contributed by atoms with Crippen molar-refractivity contribution in [3.63, 3.8) is 0 Å². The van der Waals surface area contributed by atoms with E-state index >= 15 is 0 Å². The number of anilines is 1. The number of ether oxygens (including phenoxy) is 6. The number of β-lactam (4-membered cyclic amide) rings is 1. The molecule has 2 aromatic carbocycles. The highest BCUT2D eigenvalue weighted by molar-refractivity contribution is 6.08. The Hall–Kier alpha value is -3.44. The van der Waals surface area contributed by atoms with Gasteiger partial charge in [0, 0.05) is 5.69 Å². The van der Waals surface area contributed by atoms with Crippen molar-refractivity contribution < 1.29 is 38.0 Å². The third-order valence-electron chi connectivity index (χ3n) is 7.96. The molecular weight excluding hydrogens is 528 g/mol. The van der Waals surface area contributed by atoms with Gasteiger partial charge in [0.1, 0.15) is 30.0 Å². The first-order chi connectivity index (χ1) is 19.6. The van der Waals surface area contributed by atoms with Crippen molar-refractivity contribution in [3.05, 3.63) is 66.2 Å². The average molecular weight is 565 g/mol. The predicted molar refractivity (Wildman–Crippen MR) is 149 cm³/mol. The average Bonchev–Trinajstić information content (AvgIpc) is 3.60. The van der Waals surface area contributed by atoms with Crippen molar-refractivity contribution in [2.45, 2.75) is 75.7 Å². The monoisotopic (exact) mass is 564 g/mol. The first-order valence-corrected chi connectivity index (χ1v) is 13.9. The van der Waals surface area contributed by atoms with E-state index in [-0.39, 0.29) is 19.1 Å². The highest BCUT2D eigenvalue weighted by atomic mass is 16.8. The second-order valence-corrected chi connectivity index (χ2v) is 11.6. The van der Waals surface area contributed by atoms with E-state index in [0.717, 1.165) is 5.56 Å². The van der Waals surface area contributed by atoms with Gasteiger partial charge in [-0.3, -0.25) is 9.69 Å². The summed E-state index contributed by atoms with van der Waals surface area (Å²) < 4.78 is 35.4. The topological polar surface area (TPSA) is 96.0 Å². The van der Waals surface area contributed by atoms with Crippen LogP contribution in [0.2, 0.25) is 0 Å². The zero-order valence-electron chi connectivity index (χ0n) is 23.9. The molecule has 0 aromatic heterocycles. The number of rotatable bonds is 7. The summed E-state index contributed by atoms with van der Waals surface area (Å²) in [6.45, 7) is 7.79. The van der Waals surface area contributed by atoms with Crippen LogP contribution in [0.15, 0.2) is 60.7 Å². The largest absolute Gasteiger partial charge is 0.497 e. The molecule has 4 aliphatic heterocycles. The van der Waals surface area contributed by atoms with Crippen molar-refractivity contribution in [1.82, 2.24) is 4.90 Å². The number of hydrogen-bond donors (Lipinski definition) is 0. The number of carbonyl (C=O) groups excluding carboxylic acids is 2. The summed E-state index contributed by atoms with van der Waals surface area (Å²) in [7, 11) is 1.59. The van der Waals surface area contributed by atoms with Crippen LogP contribution >= 0.6 is 0 Å². The number of nitrogens with zero attached hydrogens (tertiary/aromatic N) is 2. The minimum absolute atomic E-state index is 0.220. The molecule has 41 heavy (non-hydrogen) atoms. The van der Waals surface area contributed by atoms with Crippen LogP contribution in [-0.4, -0.2) is 85.2 Å². The number of methoxy groups -OCH3 is 1. The molecule has 0 saturated carbocycles. The Morgan fingerprint density at radius 2 is 1.51 bits per heavy atom. The molecule has 2 aromatic rings. The molecule has 4 aliphatic rings. The van der Waals surface area contributed by atoms with Crippen LogP contribution in [0.4, 0.5) is 10.5 Å². The van der Waals surface area contributed by atoms with E-state index < -0.39 is 54.1 Å². The van der Waals surface area contributed by atoms with Crippen LogP contribution in [-0.2, 0) is 28.5 Å². The summed E-state index contributed by atoms with van der Waals surface area (Å²) in [5.74, 6) is -1.20. The lowest BCUT2D eigenvalue weighted by atomic mass is 9.88. The first kappa shape index (κ1) is 27.7. The number of carbonyl (C=O) groups is 2. The number of benzene rings is 2. The minimum atomic E-state index is -0.843. The van der Waals surface area contributed by atoms with E-state index in [2.05, 4.69) is 0 Å². The molecule has 2 amide bonds. The van der Waals surface area contributed by atoms with Gasteiger partial charge in [-0.1, -0.05) is 42.5 Å². The molecule has 4 heterocycles. The maximum absolute atomic E-state index is 14.0. The molecule has 0 radical (unpaired) electrons. The highest BCUT2D eigenvalue weighted by Crippen LogP contribution is 2.42. The number of hydrogen-bond acceptors (Lipinski definition) is 8. The van der Waals surface area contributed by atoms with Crippen LogP contribution in [0, 0.1) is 0 Å². The lowest BCUT2D eigenvalue weighted by molar-refractivity contribution is -0.163. The Kier molecular flexibility index (Phi) is 7.05. The molecule has 0 spiro atoms. The van der Waals surface area contributed by atoms with E-state index in [4.69, 9.17) is 28.4 Å². The minimum Gasteiger partial charge on any atom is -0.497 e. The molecule has 0 N–H and O–H groups in total. The van der Waals surface area contributed by atoms with Gasteiger partial charge in [0.05, 0.1) is 26.4 Å². The number of amides is 2. The second kappa shape index (κ2) is 10.4. The van der Waals surface area contributed by atoms with Crippen LogP contribution < -0.4 is 9.64 Å². The SMILES string of the molecule is COc1ccc(N2C(=O)[C@@H](N3C(=O)O[C@H]([C@H]4COC(C)(C)O4)[C@H]3[C@H]3COC(C)(C)O3)[C@H]2/C=C/c2ccccc2)cc1. The molecule has 4 saturated heterocycles. The fourth-order valence-electron chi connectivity index (χ4n) is 6.06. The van der Waals surface area contributed by atoms with Crippen molar-refractivity contribution in [3.8, 4) is 5.75 Å². The summed E-state index contributed by atoms with van der Waals surface area (Å²) >= 11 is 0. The quantitative estimate of drug-likeness (QED) is 0.466. The van der Waals surface area contributed by atoms with Crippen molar-refractivity contribution >= 4 is 23.8 Å². The van der Waals surface area contributed by atoms with Crippen LogP contribution in [0.5, 0.6) is 5.75 Å². The van der Waals surface area contributed by atoms with E-state index in [1.54, 1.807) is 12.0 Å². The molecule has 6 atom stereocenters. The number of cyclic esters (lactones) is 1. The molecule has 0 unspecified atom stereocenters. The van der Waals surface area contributed by atoms with Gasteiger partial charge in [-0.2, -0.15) is 0 Å². The van der Waals surface area contributed by atoms with Crippen LogP contribution in [0.25, 0.3) is 6.08 Å². The molecule has 10 heteroatoms. The van der Waals surface area contributed by atoms with E-state index in [9.17, 15) is 9.59 Å². The third-order valence-corrected chi connectivity index (χ3v) is 7.96. The van der Waals surface area contributed by atoms with Gasteiger partial charge in [-0.05, 0) is 57.5 Å². The van der Waals surface area contributed by atoms with Crippen molar-refractivity contribution in [2.75, 3.05) is 25.2 Å². The first-order valence-electron chi connectivity index (χ1n) is 13.9. The van der Waals surface area contributed by atoms with Gasteiger partial charge in [-0.25, -0.2) is 4.79 Å². The summed E-state index contributed by atoms with van der Waals surface area (Å²) in [5, 5.41) is 0. The molecule has 4 fully saturated rings. The Balaban J connectivity index is 1.36. The maximum atomic E-state index is 14.0. The molecule has 10 nitrogen and oxygen atoms in total. The van der Waals surface area contributed by atoms with Crippen molar-refractivity contribution in [1.29, 1.82) is 0 Å². The molecule has 6 rings (SSSR count). The predicted octanol–water partition coefficient (Wildman–Crippen LogP) is 3.98. The molecule has 0 aliphatic carbocycles. The third kappa shape index (κ3) is 5.21. The maximum Gasteiger partial charge on any atom is 0.411 e. The zero-order valence-corrected chi connectivity index (χ0v) is 23.9. The van der Waals surface area contributed by atoms with Crippen molar-refractivity contribution in [2.24, 2.45) is 0 Å². The fraction of sp³-hybridized carbons (Fsp3) is 0.484.